The number of carbonyl (C=O) groups excluding carboxylic acids is 1. The normalized spacial score (nSPS) is 11.4. The van der Waals surface area contributed by atoms with E-state index in [4.69, 9.17) is 0 Å². The summed E-state index contributed by atoms with van der Waals surface area (Å²) in [5.41, 5.74) is 4.13. The summed E-state index contributed by atoms with van der Waals surface area (Å²) in [4.78, 5) is 15.7. The van der Waals surface area contributed by atoms with Gasteiger partial charge >= 0.3 is 0 Å². The maximum atomic E-state index is 12.8. The van der Waals surface area contributed by atoms with Crippen molar-refractivity contribution in [3.8, 4) is 10.4 Å². The zero-order chi connectivity index (χ0) is 18.0. The number of hydrogen-bond acceptors (Lipinski definition) is 2. The molecule has 0 bridgehead atoms. The summed E-state index contributed by atoms with van der Waals surface area (Å²) in [6.45, 7) is 6.52. The monoisotopic (exact) mass is 349 g/mol. The maximum Gasteiger partial charge on any atom is 0.258 e. The highest BCUT2D eigenvalue weighted by Gasteiger charge is 2.17. The third-order valence-electron chi connectivity index (χ3n) is 4.33. The summed E-state index contributed by atoms with van der Waals surface area (Å²) in [7, 11) is 1.83. The molecule has 0 spiro atoms. The second-order valence-corrected chi connectivity index (χ2v) is 8.14. The second-order valence-electron chi connectivity index (χ2n) is 7.23. The molecule has 0 saturated carbocycles. The van der Waals surface area contributed by atoms with Crippen LogP contribution in [0.3, 0.4) is 0 Å². The Morgan fingerprint density at radius 1 is 0.960 bits per heavy atom. The van der Waals surface area contributed by atoms with Gasteiger partial charge in [0, 0.05) is 22.9 Å². The molecule has 3 rings (SSSR count). The van der Waals surface area contributed by atoms with E-state index in [0.717, 1.165) is 5.69 Å². The molecule has 1 amide bonds. The summed E-state index contributed by atoms with van der Waals surface area (Å²) in [5.74, 6) is 0.0119. The molecule has 0 saturated heterocycles. The highest BCUT2D eigenvalue weighted by molar-refractivity contribution is 7.14. The molecule has 0 fully saturated rings. The van der Waals surface area contributed by atoms with E-state index in [-0.39, 0.29) is 11.3 Å². The Kier molecular flexibility index (Phi) is 4.78. The van der Waals surface area contributed by atoms with Crippen LogP contribution in [0, 0.1) is 0 Å². The first kappa shape index (κ1) is 17.4. The average molecular weight is 349 g/mol. The van der Waals surface area contributed by atoms with E-state index in [0.29, 0.717) is 5.56 Å². The maximum absolute atomic E-state index is 12.8. The van der Waals surface area contributed by atoms with E-state index in [2.05, 4.69) is 39.0 Å². The third-order valence-corrected chi connectivity index (χ3v) is 5.30. The van der Waals surface area contributed by atoms with Crippen molar-refractivity contribution in [1.82, 2.24) is 0 Å². The molecule has 1 heterocycles. The number of benzene rings is 2. The lowest BCUT2D eigenvalue weighted by Gasteiger charge is -2.20. The predicted octanol–water partition coefficient (Wildman–Crippen LogP) is 5.99. The van der Waals surface area contributed by atoms with Crippen LogP contribution in [-0.4, -0.2) is 13.0 Å². The van der Waals surface area contributed by atoms with Gasteiger partial charge < -0.3 is 4.90 Å². The van der Waals surface area contributed by atoms with E-state index >= 15 is 0 Å². The van der Waals surface area contributed by atoms with E-state index in [1.54, 1.807) is 16.2 Å². The van der Waals surface area contributed by atoms with Gasteiger partial charge in [-0.15, -0.1) is 11.3 Å². The SMILES string of the molecule is CN(C(=O)c1ccc(C(C)(C)C)cc1)c1csc(-c2ccccc2)c1. The zero-order valence-electron chi connectivity index (χ0n) is 15.1. The van der Waals surface area contributed by atoms with E-state index in [1.807, 2.05) is 54.9 Å². The molecule has 3 heteroatoms. The molecule has 0 aliphatic carbocycles. The van der Waals surface area contributed by atoms with Crippen molar-refractivity contribution in [2.24, 2.45) is 0 Å². The van der Waals surface area contributed by atoms with Gasteiger partial charge in [0.1, 0.15) is 0 Å². The van der Waals surface area contributed by atoms with Crippen LogP contribution in [0.25, 0.3) is 10.4 Å². The van der Waals surface area contributed by atoms with Crippen molar-refractivity contribution in [1.29, 1.82) is 0 Å². The molecule has 25 heavy (non-hydrogen) atoms. The lowest BCUT2D eigenvalue weighted by atomic mass is 9.86. The number of nitrogens with zero attached hydrogens (tertiary/aromatic N) is 1. The zero-order valence-corrected chi connectivity index (χ0v) is 15.9. The van der Waals surface area contributed by atoms with E-state index in [1.165, 1.54) is 16.0 Å². The minimum atomic E-state index is 0.0119. The van der Waals surface area contributed by atoms with Gasteiger partial charge in [-0.05, 0) is 34.7 Å². The van der Waals surface area contributed by atoms with Gasteiger partial charge in [0.2, 0.25) is 0 Å². The van der Waals surface area contributed by atoms with Crippen LogP contribution >= 0.6 is 11.3 Å². The second kappa shape index (κ2) is 6.85. The molecule has 0 aliphatic rings. The van der Waals surface area contributed by atoms with E-state index < -0.39 is 0 Å². The first-order chi connectivity index (χ1) is 11.9. The smallest absolute Gasteiger partial charge is 0.258 e. The number of rotatable bonds is 3. The highest BCUT2D eigenvalue weighted by atomic mass is 32.1. The predicted molar refractivity (Wildman–Crippen MR) is 108 cm³/mol. The molecule has 0 aliphatic heterocycles. The molecule has 0 unspecified atom stereocenters. The van der Waals surface area contributed by atoms with Gasteiger partial charge in [0.05, 0.1) is 5.69 Å². The van der Waals surface area contributed by atoms with Gasteiger partial charge in [0.15, 0.2) is 0 Å². The van der Waals surface area contributed by atoms with Crippen LogP contribution in [0.1, 0.15) is 36.7 Å². The molecule has 0 radical (unpaired) electrons. The van der Waals surface area contributed by atoms with Crippen LogP contribution in [-0.2, 0) is 5.41 Å². The third kappa shape index (κ3) is 3.83. The van der Waals surface area contributed by atoms with Gasteiger partial charge in [-0.25, -0.2) is 0 Å². The molecule has 3 aromatic rings. The topological polar surface area (TPSA) is 20.3 Å². The van der Waals surface area contributed by atoms with Crippen LogP contribution in [0.5, 0.6) is 0 Å². The summed E-state index contributed by atoms with van der Waals surface area (Å²) in [5, 5.41) is 2.03. The summed E-state index contributed by atoms with van der Waals surface area (Å²) in [6, 6.07) is 20.2. The molecule has 1 aromatic heterocycles. The number of hydrogen-bond donors (Lipinski definition) is 0. The Balaban J connectivity index is 1.80. The van der Waals surface area contributed by atoms with Crippen LogP contribution in [0.4, 0.5) is 5.69 Å². The fraction of sp³-hybridized carbons (Fsp3) is 0.227. The van der Waals surface area contributed by atoms with Crippen LogP contribution in [0.2, 0.25) is 0 Å². The number of anilines is 1. The van der Waals surface area contributed by atoms with Crippen molar-refractivity contribution in [2.45, 2.75) is 26.2 Å². The minimum Gasteiger partial charge on any atom is -0.311 e. The van der Waals surface area contributed by atoms with Crippen molar-refractivity contribution in [3.05, 3.63) is 77.2 Å². The van der Waals surface area contributed by atoms with Crippen molar-refractivity contribution >= 4 is 22.9 Å². The van der Waals surface area contributed by atoms with Gasteiger partial charge in [0.25, 0.3) is 5.91 Å². The summed E-state index contributed by atoms with van der Waals surface area (Å²) in [6.07, 6.45) is 0. The average Bonchev–Trinajstić information content (AvgIpc) is 3.11. The molecule has 128 valence electrons. The van der Waals surface area contributed by atoms with Gasteiger partial charge in [-0.1, -0.05) is 63.2 Å². The number of thiophene rings is 1. The molecule has 0 N–H and O–H groups in total. The lowest BCUT2D eigenvalue weighted by Crippen LogP contribution is -2.25. The Hall–Kier alpha value is -2.39. The first-order valence-electron chi connectivity index (χ1n) is 8.39. The van der Waals surface area contributed by atoms with Crippen molar-refractivity contribution in [2.75, 3.05) is 11.9 Å². The van der Waals surface area contributed by atoms with Gasteiger partial charge in [-0.2, -0.15) is 0 Å². The Bertz CT molecular complexity index is 857. The Labute approximate surface area is 153 Å². The van der Waals surface area contributed by atoms with Crippen molar-refractivity contribution in [3.63, 3.8) is 0 Å². The standard InChI is InChI=1S/C22H23NOS/c1-22(2,3)18-12-10-17(11-13-18)21(24)23(4)19-14-20(25-15-19)16-8-6-5-7-9-16/h5-15H,1-4H3. The largest absolute Gasteiger partial charge is 0.311 e. The lowest BCUT2D eigenvalue weighted by molar-refractivity contribution is 0.0993. The number of carbonyl (C=O) groups is 1. The molecule has 2 aromatic carbocycles. The summed E-state index contributed by atoms with van der Waals surface area (Å²) < 4.78 is 0. The van der Waals surface area contributed by atoms with Crippen molar-refractivity contribution < 1.29 is 4.79 Å². The van der Waals surface area contributed by atoms with Crippen LogP contribution in [0.15, 0.2) is 66.0 Å². The molecular formula is C22H23NOS. The first-order valence-corrected chi connectivity index (χ1v) is 9.27. The Morgan fingerprint density at radius 2 is 1.60 bits per heavy atom. The minimum absolute atomic E-state index is 0.0119. The molecular weight excluding hydrogens is 326 g/mol. The fourth-order valence-corrected chi connectivity index (χ4v) is 3.61. The number of amides is 1. The van der Waals surface area contributed by atoms with Crippen LogP contribution < -0.4 is 4.90 Å². The Morgan fingerprint density at radius 3 is 2.20 bits per heavy atom. The van der Waals surface area contributed by atoms with Gasteiger partial charge in [-0.3, -0.25) is 4.79 Å². The molecule has 2 nitrogen and oxygen atoms in total. The van der Waals surface area contributed by atoms with E-state index in [9.17, 15) is 4.79 Å². The molecule has 0 atom stereocenters. The summed E-state index contributed by atoms with van der Waals surface area (Å²) >= 11 is 1.66. The highest BCUT2D eigenvalue weighted by Crippen LogP contribution is 2.32. The quantitative estimate of drug-likeness (QED) is 0.569. The fourth-order valence-electron chi connectivity index (χ4n) is 2.68.